The molecule has 1 heterocycles. The van der Waals surface area contributed by atoms with Gasteiger partial charge in [0.15, 0.2) is 0 Å². The summed E-state index contributed by atoms with van der Waals surface area (Å²) in [4.78, 5) is 14.5. The van der Waals surface area contributed by atoms with Gasteiger partial charge in [-0.1, -0.05) is 41.4 Å². The van der Waals surface area contributed by atoms with Gasteiger partial charge in [-0.3, -0.25) is 10.1 Å². The summed E-state index contributed by atoms with van der Waals surface area (Å²) in [5.74, 6) is 0.0837. The van der Waals surface area contributed by atoms with Crippen molar-refractivity contribution >= 4 is 28.9 Å². The van der Waals surface area contributed by atoms with E-state index in [1.54, 1.807) is 30.7 Å². The Kier molecular flexibility index (Phi) is 5.36. The van der Waals surface area contributed by atoms with Crippen LogP contribution in [0, 0.1) is 10.1 Å². The van der Waals surface area contributed by atoms with Crippen molar-refractivity contribution in [3.8, 4) is 0 Å². The van der Waals surface area contributed by atoms with Crippen molar-refractivity contribution in [1.82, 2.24) is 9.55 Å². The standard InChI is InChI=1S/C18H15Cl2N3O2/c19-15-3-6-17(18(20)10-15)14(11-22-8-7-21-12-22)9-13-1-4-16(5-2-13)23(24)25/h1-8,10,12,14H,9,11H2. The SMILES string of the molecule is O=[N+]([O-])c1ccc(CC(Cn2ccnc2)c2ccc(Cl)cc2Cl)cc1. The lowest BCUT2D eigenvalue weighted by Crippen LogP contribution is -2.11. The number of hydrogen-bond donors (Lipinski definition) is 0. The molecule has 0 fully saturated rings. The number of nitro groups is 1. The monoisotopic (exact) mass is 375 g/mol. The molecule has 0 aliphatic carbocycles. The van der Waals surface area contributed by atoms with Crippen molar-refractivity contribution in [3.63, 3.8) is 0 Å². The molecule has 0 bridgehead atoms. The average Bonchev–Trinajstić information content (AvgIpc) is 3.08. The Bertz CT molecular complexity index is 865. The summed E-state index contributed by atoms with van der Waals surface area (Å²) in [5.41, 5.74) is 2.07. The molecule has 25 heavy (non-hydrogen) atoms. The van der Waals surface area contributed by atoms with Gasteiger partial charge in [0.05, 0.1) is 11.3 Å². The highest BCUT2D eigenvalue weighted by Gasteiger charge is 2.17. The average molecular weight is 376 g/mol. The van der Waals surface area contributed by atoms with E-state index in [1.807, 2.05) is 22.9 Å². The van der Waals surface area contributed by atoms with Crippen LogP contribution < -0.4 is 0 Å². The van der Waals surface area contributed by atoms with Crippen molar-refractivity contribution in [2.45, 2.75) is 18.9 Å². The molecule has 0 amide bonds. The minimum Gasteiger partial charge on any atom is -0.337 e. The molecule has 0 N–H and O–H groups in total. The van der Waals surface area contributed by atoms with Gasteiger partial charge in [0.2, 0.25) is 0 Å². The third-order valence-electron chi connectivity index (χ3n) is 4.02. The molecule has 5 nitrogen and oxygen atoms in total. The first-order valence-electron chi connectivity index (χ1n) is 7.67. The van der Waals surface area contributed by atoms with Gasteiger partial charge in [-0.2, -0.15) is 0 Å². The molecule has 2 aromatic carbocycles. The minimum absolute atomic E-state index is 0.0828. The van der Waals surface area contributed by atoms with Crippen LogP contribution in [0.2, 0.25) is 10.0 Å². The number of halogens is 2. The number of rotatable bonds is 6. The van der Waals surface area contributed by atoms with E-state index in [4.69, 9.17) is 23.2 Å². The van der Waals surface area contributed by atoms with Crippen LogP contribution >= 0.6 is 23.2 Å². The first-order chi connectivity index (χ1) is 12.0. The van der Waals surface area contributed by atoms with Crippen LogP contribution in [0.25, 0.3) is 0 Å². The highest BCUT2D eigenvalue weighted by Crippen LogP contribution is 2.31. The zero-order valence-electron chi connectivity index (χ0n) is 13.2. The second-order valence-electron chi connectivity index (χ2n) is 5.75. The van der Waals surface area contributed by atoms with Gasteiger partial charge in [0, 0.05) is 47.0 Å². The van der Waals surface area contributed by atoms with Gasteiger partial charge in [-0.25, -0.2) is 4.98 Å². The summed E-state index contributed by atoms with van der Waals surface area (Å²) in [6.07, 6.45) is 6.07. The van der Waals surface area contributed by atoms with Crippen molar-refractivity contribution < 1.29 is 4.92 Å². The first kappa shape index (κ1) is 17.5. The lowest BCUT2D eigenvalue weighted by molar-refractivity contribution is -0.384. The number of non-ortho nitro benzene ring substituents is 1. The number of imidazole rings is 1. The molecule has 128 valence electrons. The molecule has 0 aliphatic rings. The Morgan fingerprint density at radius 3 is 2.52 bits per heavy atom. The Labute approximate surface area is 155 Å². The van der Waals surface area contributed by atoms with Gasteiger partial charge in [-0.05, 0) is 29.7 Å². The molecule has 0 aliphatic heterocycles. The summed E-state index contributed by atoms with van der Waals surface area (Å²) >= 11 is 12.4. The lowest BCUT2D eigenvalue weighted by Gasteiger charge is -2.20. The maximum absolute atomic E-state index is 10.8. The molecular formula is C18H15Cl2N3O2. The number of aromatic nitrogens is 2. The smallest absolute Gasteiger partial charge is 0.269 e. The van der Waals surface area contributed by atoms with E-state index in [0.29, 0.717) is 23.0 Å². The molecule has 3 aromatic rings. The maximum Gasteiger partial charge on any atom is 0.269 e. The van der Waals surface area contributed by atoms with Crippen LogP contribution in [-0.2, 0) is 13.0 Å². The second-order valence-corrected chi connectivity index (χ2v) is 6.59. The third kappa shape index (κ3) is 4.38. The highest BCUT2D eigenvalue weighted by molar-refractivity contribution is 6.35. The van der Waals surface area contributed by atoms with Crippen LogP contribution in [0.5, 0.6) is 0 Å². The number of nitro benzene ring substituents is 1. The van der Waals surface area contributed by atoms with E-state index in [2.05, 4.69) is 4.98 Å². The molecule has 1 aromatic heterocycles. The predicted octanol–water partition coefficient (Wildman–Crippen LogP) is 5.12. The maximum atomic E-state index is 10.8. The van der Waals surface area contributed by atoms with Gasteiger partial charge in [0.25, 0.3) is 5.69 Å². The van der Waals surface area contributed by atoms with Gasteiger partial charge >= 0.3 is 0 Å². The van der Waals surface area contributed by atoms with Crippen LogP contribution in [-0.4, -0.2) is 14.5 Å². The molecule has 0 spiro atoms. The largest absolute Gasteiger partial charge is 0.337 e. The quantitative estimate of drug-likeness (QED) is 0.443. The topological polar surface area (TPSA) is 61.0 Å². The summed E-state index contributed by atoms with van der Waals surface area (Å²) in [7, 11) is 0. The summed E-state index contributed by atoms with van der Waals surface area (Å²) in [6.45, 7) is 0.693. The lowest BCUT2D eigenvalue weighted by atomic mass is 9.91. The molecule has 1 unspecified atom stereocenters. The molecule has 0 radical (unpaired) electrons. The number of nitrogens with zero attached hydrogens (tertiary/aromatic N) is 3. The normalized spacial score (nSPS) is 12.1. The van der Waals surface area contributed by atoms with Crippen LogP contribution in [0.3, 0.4) is 0 Å². The fraction of sp³-hybridized carbons (Fsp3) is 0.167. The first-order valence-corrected chi connectivity index (χ1v) is 8.42. The minimum atomic E-state index is -0.400. The zero-order valence-corrected chi connectivity index (χ0v) is 14.7. The van der Waals surface area contributed by atoms with Crippen LogP contribution in [0.15, 0.2) is 61.2 Å². The van der Waals surface area contributed by atoms with Gasteiger partial charge < -0.3 is 4.57 Å². The van der Waals surface area contributed by atoms with E-state index < -0.39 is 4.92 Å². The Balaban J connectivity index is 1.89. The molecule has 3 rings (SSSR count). The summed E-state index contributed by atoms with van der Waals surface area (Å²) in [5, 5.41) is 12.0. The van der Waals surface area contributed by atoms with E-state index in [-0.39, 0.29) is 11.6 Å². The Morgan fingerprint density at radius 2 is 1.92 bits per heavy atom. The van der Waals surface area contributed by atoms with Crippen LogP contribution in [0.1, 0.15) is 17.0 Å². The molecular weight excluding hydrogens is 361 g/mol. The van der Waals surface area contributed by atoms with Crippen molar-refractivity contribution in [2.75, 3.05) is 0 Å². The molecule has 0 saturated carbocycles. The predicted molar refractivity (Wildman–Crippen MR) is 98.2 cm³/mol. The van der Waals surface area contributed by atoms with E-state index in [9.17, 15) is 10.1 Å². The van der Waals surface area contributed by atoms with E-state index in [0.717, 1.165) is 11.1 Å². The Hall–Kier alpha value is -2.37. The number of hydrogen-bond acceptors (Lipinski definition) is 3. The van der Waals surface area contributed by atoms with E-state index >= 15 is 0 Å². The van der Waals surface area contributed by atoms with Crippen molar-refractivity contribution in [1.29, 1.82) is 0 Å². The molecule has 7 heteroatoms. The highest BCUT2D eigenvalue weighted by atomic mass is 35.5. The fourth-order valence-electron chi connectivity index (χ4n) is 2.79. The third-order valence-corrected chi connectivity index (χ3v) is 4.58. The molecule has 1 atom stereocenters. The van der Waals surface area contributed by atoms with Gasteiger partial charge in [-0.15, -0.1) is 0 Å². The van der Waals surface area contributed by atoms with Crippen molar-refractivity contribution in [3.05, 3.63) is 92.5 Å². The summed E-state index contributed by atoms with van der Waals surface area (Å²) in [6, 6.07) is 12.1. The van der Waals surface area contributed by atoms with Gasteiger partial charge in [0.1, 0.15) is 0 Å². The van der Waals surface area contributed by atoms with E-state index in [1.165, 1.54) is 12.1 Å². The van der Waals surface area contributed by atoms with Crippen molar-refractivity contribution in [2.24, 2.45) is 0 Å². The van der Waals surface area contributed by atoms with Crippen LogP contribution in [0.4, 0.5) is 5.69 Å². The zero-order chi connectivity index (χ0) is 17.8. The Morgan fingerprint density at radius 1 is 1.16 bits per heavy atom. The second kappa shape index (κ2) is 7.68. The molecule has 0 saturated heterocycles. The fourth-order valence-corrected chi connectivity index (χ4v) is 3.36. The number of benzene rings is 2. The summed E-state index contributed by atoms with van der Waals surface area (Å²) < 4.78 is 1.99.